The van der Waals surface area contributed by atoms with Crippen LogP contribution in [-0.4, -0.2) is 6.16 Å². The molecule has 0 amide bonds. The van der Waals surface area contributed by atoms with Crippen molar-refractivity contribution in [3.05, 3.63) is 65.2 Å². The van der Waals surface area contributed by atoms with Crippen LogP contribution in [0.15, 0.2) is 48.5 Å². The highest BCUT2D eigenvalue weighted by atomic mass is 16.7. The van der Waals surface area contributed by atoms with Crippen LogP contribution < -0.4 is 4.74 Å². The van der Waals surface area contributed by atoms with Crippen LogP contribution >= 0.6 is 0 Å². The summed E-state index contributed by atoms with van der Waals surface area (Å²) in [5.74, 6) is 0.537. The van der Waals surface area contributed by atoms with Crippen molar-refractivity contribution in [1.82, 2.24) is 0 Å². The van der Waals surface area contributed by atoms with E-state index in [1.807, 2.05) is 63.2 Å². The Morgan fingerprint density at radius 1 is 1.00 bits per heavy atom. The van der Waals surface area contributed by atoms with E-state index in [0.717, 1.165) is 16.7 Å². The summed E-state index contributed by atoms with van der Waals surface area (Å²) in [7, 11) is 0. The summed E-state index contributed by atoms with van der Waals surface area (Å²) in [5.41, 5.74) is 2.95. The lowest BCUT2D eigenvalue weighted by Gasteiger charge is -2.14. The summed E-state index contributed by atoms with van der Waals surface area (Å²) in [4.78, 5) is 11.8. The Bertz CT molecular complexity index is 590. The second-order valence-corrected chi connectivity index (χ2v) is 4.72. The van der Waals surface area contributed by atoms with Crippen LogP contribution in [0.4, 0.5) is 4.79 Å². The highest BCUT2D eigenvalue weighted by molar-refractivity contribution is 5.65. The first-order chi connectivity index (χ1) is 9.58. The lowest BCUT2D eigenvalue weighted by atomic mass is 10.1. The smallest absolute Gasteiger partial charge is 0.426 e. The van der Waals surface area contributed by atoms with Gasteiger partial charge in [-0.3, -0.25) is 0 Å². The van der Waals surface area contributed by atoms with Crippen molar-refractivity contribution >= 4 is 6.16 Å². The van der Waals surface area contributed by atoms with E-state index in [2.05, 4.69) is 0 Å². The molecule has 20 heavy (non-hydrogen) atoms. The molecule has 2 rings (SSSR count). The number of hydrogen-bond donors (Lipinski definition) is 0. The Morgan fingerprint density at radius 2 is 1.70 bits per heavy atom. The molecule has 0 saturated carbocycles. The zero-order chi connectivity index (χ0) is 14.5. The van der Waals surface area contributed by atoms with Crippen LogP contribution in [0.2, 0.25) is 0 Å². The molecule has 0 spiro atoms. The maximum absolute atomic E-state index is 11.8. The van der Waals surface area contributed by atoms with Crippen molar-refractivity contribution in [2.24, 2.45) is 0 Å². The summed E-state index contributed by atoms with van der Waals surface area (Å²) in [6.45, 7) is 5.71. The van der Waals surface area contributed by atoms with Gasteiger partial charge in [0.1, 0.15) is 11.9 Å². The van der Waals surface area contributed by atoms with Crippen LogP contribution in [0, 0.1) is 13.8 Å². The van der Waals surface area contributed by atoms with Gasteiger partial charge in [0, 0.05) is 0 Å². The van der Waals surface area contributed by atoms with E-state index in [-0.39, 0.29) is 6.10 Å². The molecule has 2 aromatic carbocycles. The molecule has 2 aromatic rings. The van der Waals surface area contributed by atoms with Gasteiger partial charge in [0.05, 0.1) is 0 Å². The van der Waals surface area contributed by atoms with Crippen LogP contribution in [0.3, 0.4) is 0 Å². The predicted molar refractivity (Wildman–Crippen MR) is 77.9 cm³/mol. The summed E-state index contributed by atoms with van der Waals surface area (Å²) in [5, 5.41) is 0. The Morgan fingerprint density at radius 3 is 2.40 bits per heavy atom. The fourth-order valence-electron chi connectivity index (χ4n) is 1.89. The van der Waals surface area contributed by atoms with E-state index >= 15 is 0 Å². The molecular formula is C17H18O3. The quantitative estimate of drug-likeness (QED) is 0.605. The lowest BCUT2D eigenvalue weighted by molar-refractivity contribution is 0.0653. The minimum atomic E-state index is -0.685. The molecule has 104 valence electrons. The second kappa shape index (κ2) is 6.24. The second-order valence-electron chi connectivity index (χ2n) is 4.72. The lowest BCUT2D eigenvalue weighted by Crippen LogP contribution is -2.14. The molecule has 1 unspecified atom stereocenters. The van der Waals surface area contributed by atoms with E-state index in [9.17, 15) is 4.79 Å². The summed E-state index contributed by atoms with van der Waals surface area (Å²) in [6.07, 6.45) is -1.02. The molecule has 0 heterocycles. The standard InChI is InChI=1S/C17H18O3/c1-12-8-7-11-16(13(12)2)20-17(18)19-14(3)15-9-5-4-6-10-15/h4-11,14H,1-3H3. The van der Waals surface area contributed by atoms with Crippen LogP contribution in [-0.2, 0) is 4.74 Å². The Labute approximate surface area is 119 Å². The largest absolute Gasteiger partial charge is 0.514 e. The first kappa shape index (κ1) is 14.1. The number of benzene rings is 2. The predicted octanol–water partition coefficient (Wildman–Crippen LogP) is 4.58. The van der Waals surface area contributed by atoms with E-state index in [0.29, 0.717) is 5.75 Å². The van der Waals surface area contributed by atoms with Crippen LogP contribution in [0.5, 0.6) is 5.75 Å². The number of carbonyl (C=O) groups is 1. The molecule has 0 aliphatic rings. The van der Waals surface area contributed by atoms with Gasteiger partial charge in [0.2, 0.25) is 0 Å². The monoisotopic (exact) mass is 270 g/mol. The average Bonchev–Trinajstić information content (AvgIpc) is 2.45. The number of rotatable bonds is 3. The SMILES string of the molecule is Cc1cccc(OC(=O)OC(C)c2ccccc2)c1C. The van der Waals surface area contributed by atoms with Crippen molar-refractivity contribution in [3.8, 4) is 5.75 Å². The van der Waals surface area contributed by atoms with Gasteiger partial charge >= 0.3 is 6.16 Å². The van der Waals surface area contributed by atoms with Crippen LogP contribution in [0.1, 0.15) is 29.7 Å². The summed E-state index contributed by atoms with van der Waals surface area (Å²) in [6, 6.07) is 15.1. The zero-order valence-electron chi connectivity index (χ0n) is 11.9. The van der Waals surface area contributed by atoms with Gasteiger partial charge in [-0.1, -0.05) is 42.5 Å². The van der Waals surface area contributed by atoms with Crippen molar-refractivity contribution in [2.75, 3.05) is 0 Å². The summed E-state index contributed by atoms with van der Waals surface area (Å²) < 4.78 is 10.5. The highest BCUT2D eigenvalue weighted by Gasteiger charge is 2.14. The van der Waals surface area contributed by atoms with Crippen molar-refractivity contribution < 1.29 is 14.3 Å². The normalized spacial score (nSPS) is 11.8. The molecule has 3 heteroatoms. The van der Waals surface area contributed by atoms with Crippen LogP contribution in [0.25, 0.3) is 0 Å². The topological polar surface area (TPSA) is 35.5 Å². The van der Waals surface area contributed by atoms with Gasteiger partial charge < -0.3 is 9.47 Å². The van der Waals surface area contributed by atoms with Crippen molar-refractivity contribution in [2.45, 2.75) is 26.9 Å². The molecule has 0 aliphatic carbocycles. The minimum Gasteiger partial charge on any atom is -0.426 e. The number of aryl methyl sites for hydroxylation is 1. The van der Waals surface area contributed by atoms with E-state index in [1.165, 1.54) is 0 Å². The number of carbonyl (C=O) groups excluding carboxylic acids is 1. The minimum absolute atomic E-state index is 0.339. The fourth-order valence-corrected chi connectivity index (χ4v) is 1.89. The first-order valence-corrected chi connectivity index (χ1v) is 6.57. The third-order valence-corrected chi connectivity index (χ3v) is 3.29. The molecule has 0 bridgehead atoms. The molecule has 1 atom stereocenters. The van der Waals surface area contributed by atoms with Gasteiger partial charge in [0.25, 0.3) is 0 Å². The number of ether oxygens (including phenoxy) is 2. The zero-order valence-corrected chi connectivity index (χ0v) is 11.9. The molecule has 0 aromatic heterocycles. The molecule has 0 N–H and O–H groups in total. The Balaban J connectivity index is 2.01. The highest BCUT2D eigenvalue weighted by Crippen LogP contribution is 2.22. The van der Waals surface area contributed by atoms with Gasteiger partial charge in [-0.2, -0.15) is 0 Å². The molecule has 3 nitrogen and oxygen atoms in total. The first-order valence-electron chi connectivity index (χ1n) is 6.57. The van der Waals surface area contributed by atoms with Gasteiger partial charge in [0.15, 0.2) is 0 Å². The molecule has 0 saturated heterocycles. The van der Waals surface area contributed by atoms with Crippen molar-refractivity contribution in [3.63, 3.8) is 0 Å². The third-order valence-electron chi connectivity index (χ3n) is 3.29. The third kappa shape index (κ3) is 3.38. The van der Waals surface area contributed by atoms with Gasteiger partial charge in [-0.25, -0.2) is 4.79 Å². The average molecular weight is 270 g/mol. The van der Waals surface area contributed by atoms with Gasteiger partial charge in [-0.15, -0.1) is 0 Å². The Kier molecular flexibility index (Phi) is 4.41. The van der Waals surface area contributed by atoms with Gasteiger partial charge in [-0.05, 0) is 43.5 Å². The molecule has 0 fully saturated rings. The fraction of sp³-hybridized carbons (Fsp3) is 0.235. The summed E-state index contributed by atoms with van der Waals surface area (Å²) >= 11 is 0. The van der Waals surface area contributed by atoms with E-state index in [1.54, 1.807) is 6.07 Å². The van der Waals surface area contributed by atoms with E-state index in [4.69, 9.17) is 9.47 Å². The number of hydrogen-bond acceptors (Lipinski definition) is 3. The van der Waals surface area contributed by atoms with E-state index < -0.39 is 6.16 Å². The van der Waals surface area contributed by atoms with Crippen molar-refractivity contribution in [1.29, 1.82) is 0 Å². The molecule has 0 radical (unpaired) electrons. The molecule has 0 aliphatic heterocycles. The molecular weight excluding hydrogens is 252 g/mol. The maximum atomic E-state index is 11.8. The Hall–Kier alpha value is -2.29. The maximum Gasteiger partial charge on any atom is 0.514 e.